The molecule has 2 aromatic rings. The minimum atomic E-state index is -0.954. The lowest BCUT2D eigenvalue weighted by atomic mass is 9.74. The molecule has 34 heavy (non-hydrogen) atoms. The van der Waals surface area contributed by atoms with Crippen molar-refractivity contribution >= 4 is 0 Å². The number of benzene rings is 2. The van der Waals surface area contributed by atoms with E-state index in [-0.39, 0.29) is 30.1 Å². The zero-order chi connectivity index (χ0) is 24.2. The van der Waals surface area contributed by atoms with Crippen molar-refractivity contribution < 1.29 is 22.3 Å². The van der Waals surface area contributed by atoms with Crippen molar-refractivity contribution in [2.45, 2.75) is 83.0 Å². The molecule has 0 aliphatic heterocycles. The maximum atomic E-state index is 15.1. The quantitative estimate of drug-likeness (QED) is 0.300. The molecule has 2 aromatic carbocycles. The van der Waals surface area contributed by atoms with Gasteiger partial charge < -0.3 is 4.74 Å². The Bertz CT molecular complexity index is 1020. The molecule has 0 amide bonds. The summed E-state index contributed by atoms with van der Waals surface area (Å²) < 4.78 is 64.3. The Morgan fingerprint density at radius 3 is 1.53 bits per heavy atom. The molecular formula is C29H34F4O. The number of ether oxygens (including phenoxy) is 1. The van der Waals surface area contributed by atoms with Crippen LogP contribution in [0.4, 0.5) is 17.6 Å². The van der Waals surface area contributed by atoms with E-state index < -0.39 is 23.3 Å². The molecule has 0 aromatic heterocycles. The van der Waals surface area contributed by atoms with Gasteiger partial charge in [-0.15, -0.1) is 0 Å². The zero-order valence-electron chi connectivity index (χ0n) is 20.1. The third-order valence-electron chi connectivity index (χ3n) is 7.80. The molecule has 0 spiro atoms. The summed E-state index contributed by atoms with van der Waals surface area (Å²) in [4.78, 5) is 0. The highest BCUT2D eigenvalue weighted by Gasteiger charge is 2.31. The minimum absolute atomic E-state index is 0.0679. The van der Waals surface area contributed by atoms with Crippen LogP contribution in [0.1, 0.15) is 99.7 Å². The molecule has 0 heterocycles. The second kappa shape index (κ2) is 11.0. The largest absolute Gasteiger partial charge is 0.491 e. The molecule has 0 bridgehead atoms. The van der Waals surface area contributed by atoms with Crippen LogP contribution in [0.25, 0.3) is 0 Å². The van der Waals surface area contributed by atoms with Crippen LogP contribution in [-0.2, 0) is 0 Å². The molecule has 0 saturated heterocycles. The molecule has 0 N–H and O–H groups in total. The maximum Gasteiger partial charge on any atom is 0.200 e. The maximum absolute atomic E-state index is 15.1. The Morgan fingerprint density at radius 2 is 1.09 bits per heavy atom. The highest BCUT2D eigenvalue weighted by atomic mass is 19.2. The van der Waals surface area contributed by atoms with Crippen molar-refractivity contribution in [3.05, 3.63) is 76.4 Å². The fourth-order valence-electron chi connectivity index (χ4n) is 5.95. The summed E-state index contributed by atoms with van der Waals surface area (Å²) in [5.74, 6) is -2.96. The first-order valence-corrected chi connectivity index (χ1v) is 12.7. The fraction of sp³-hybridized carbons (Fsp3) is 0.517. The van der Waals surface area contributed by atoms with Gasteiger partial charge in [0.1, 0.15) is 0 Å². The highest BCUT2D eigenvalue weighted by Crippen LogP contribution is 2.44. The van der Waals surface area contributed by atoms with Crippen molar-refractivity contribution in [3.8, 4) is 5.75 Å². The standard InChI is InChI=1S/C29H34F4O/c1-3-5-18-6-8-19(9-7-18)22-14-15-23(27(31)26(22)30)20-10-12-21(13-11-20)24-16-17-25(34-4-2)29(33)28(24)32/h3,5,14-21H,4,6-13H2,1-2H3/b5-3+. The molecule has 1 nitrogen and oxygen atoms in total. The Balaban J connectivity index is 1.43. The highest BCUT2D eigenvalue weighted by molar-refractivity contribution is 5.35. The molecule has 2 aliphatic carbocycles. The number of hydrogen-bond donors (Lipinski definition) is 0. The first-order chi connectivity index (χ1) is 16.4. The van der Waals surface area contributed by atoms with Gasteiger partial charge in [0, 0.05) is 0 Å². The van der Waals surface area contributed by atoms with Gasteiger partial charge in [-0.25, -0.2) is 13.2 Å². The van der Waals surface area contributed by atoms with Gasteiger partial charge >= 0.3 is 0 Å². The van der Waals surface area contributed by atoms with Gasteiger partial charge in [0.2, 0.25) is 5.82 Å². The number of hydrogen-bond acceptors (Lipinski definition) is 1. The van der Waals surface area contributed by atoms with Crippen LogP contribution in [0, 0.1) is 29.2 Å². The van der Waals surface area contributed by atoms with E-state index in [1.54, 1.807) is 25.1 Å². The van der Waals surface area contributed by atoms with Gasteiger partial charge in [0.25, 0.3) is 0 Å². The van der Waals surface area contributed by atoms with Crippen molar-refractivity contribution in [1.82, 2.24) is 0 Å². The monoisotopic (exact) mass is 474 g/mol. The lowest BCUT2D eigenvalue weighted by Gasteiger charge is -2.31. The summed E-state index contributed by atoms with van der Waals surface area (Å²) in [5.41, 5.74) is 1.26. The molecule has 0 atom stereocenters. The van der Waals surface area contributed by atoms with E-state index in [2.05, 4.69) is 12.2 Å². The molecular weight excluding hydrogens is 440 g/mol. The van der Waals surface area contributed by atoms with Crippen LogP contribution in [0.3, 0.4) is 0 Å². The van der Waals surface area contributed by atoms with Crippen LogP contribution < -0.4 is 4.74 Å². The second-order valence-corrected chi connectivity index (χ2v) is 9.77. The molecule has 5 heteroatoms. The molecule has 0 radical (unpaired) electrons. The summed E-state index contributed by atoms with van der Waals surface area (Å²) in [6, 6.07) is 6.60. The topological polar surface area (TPSA) is 9.23 Å². The van der Waals surface area contributed by atoms with E-state index in [0.29, 0.717) is 48.3 Å². The average molecular weight is 475 g/mol. The second-order valence-electron chi connectivity index (χ2n) is 9.77. The molecule has 2 saturated carbocycles. The van der Waals surface area contributed by atoms with Gasteiger partial charge in [-0.2, -0.15) is 4.39 Å². The smallest absolute Gasteiger partial charge is 0.200 e. The van der Waals surface area contributed by atoms with Crippen molar-refractivity contribution in [2.24, 2.45) is 5.92 Å². The van der Waals surface area contributed by atoms with Crippen LogP contribution in [0.5, 0.6) is 5.75 Å². The normalized spacial score (nSPS) is 25.6. The van der Waals surface area contributed by atoms with E-state index in [4.69, 9.17) is 4.74 Å². The van der Waals surface area contributed by atoms with E-state index in [9.17, 15) is 8.78 Å². The minimum Gasteiger partial charge on any atom is -0.491 e. The molecule has 0 unspecified atom stereocenters. The van der Waals surface area contributed by atoms with E-state index in [0.717, 1.165) is 25.7 Å². The first-order valence-electron chi connectivity index (χ1n) is 12.7. The number of rotatable bonds is 6. The SMILES string of the molecule is C/C=C/C1CCC(c2ccc(C3CCC(c4ccc(OCC)c(F)c4F)CC3)c(F)c2F)CC1. The van der Waals surface area contributed by atoms with E-state index >= 15 is 8.78 Å². The van der Waals surface area contributed by atoms with Gasteiger partial charge in [-0.3, -0.25) is 0 Å². The Hall–Kier alpha value is -2.30. The van der Waals surface area contributed by atoms with Crippen molar-refractivity contribution in [3.63, 3.8) is 0 Å². The fourth-order valence-corrected chi connectivity index (χ4v) is 5.95. The Morgan fingerprint density at radius 1 is 0.676 bits per heavy atom. The summed E-state index contributed by atoms with van der Waals surface area (Å²) in [7, 11) is 0. The molecule has 184 valence electrons. The first kappa shape index (κ1) is 24.8. The third kappa shape index (κ3) is 5.04. The van der Waals surface area contributed by atoms with Gasteiger partial charge in [-0.1, -0.05) is 30.4 Å². The number of allylic oxidation sites excluding steroid dienone is 2. The molecule has 4 rings (SSSR count). The lowest BCUT2D eigenvalue weighted by Crippen LogP contribution is -2.17. The average Bonchev–Trinajstić information content (AvgIpc) is 2.85. The van der Waals surface area contributed by atoms with E-state index in [1.165, 1.54) is 6.07 Å². The van der Waals surface area contributed by atoms with Crippen LogP contribution >= 0.6 is 0 Å². The summed E-state index contributed by atoms with van der Waals surface area (Å²) in [6.07, 6.45) is 10.5. The Kier molecular flexibility index (Phi) is 8.00. The van der Waals surface area contributed by atoms with E-state index in [1.807, 2.05) is 6.92 Å². The summed E-state index contributed by atoms with van der Waals surface area (Å²) in [5, 5.41) is 0. The molecule has 2 fully saturated rings. The summed E-state index contributed by atoms with van der Waals surface area (Å²) >= 11 is 0. The van der Waals surface area contributed by atoms with Crippen molar-refractivity contribution in [1.29, 1.82) is 0 Å². The predicted octanol–water partition coefficient (Wildman–Crippen LogP) is 8.93. The van der Waals surface area contributed by atoms with Crippen LogP contribution in [0.15, 0.2) is 36.4 Å². The zero-order valence-corrected chi connectivity index (χ0v) is 20.1. The van der Waals surface area contributed by atoms with Crippen molar-refractivity contribution in [2.75, 3.05) is 6.61 Å². The molecule has 2 aliphatic rings. The van der Waals surface area contributed by atoms with Gasteiger partial charge in [0.15, 0.2) is 23.2 Å². The lowest BCUT2D eigenvalue weighted by molar-refractivity contribution is 0.310. The summed E-state index contributed by atoms with van der Waals surface area (Å²) in [6.45, 7) is 4.00. The van der Waals surface area contributed by atoms with Gasteiger partial charge in [0.05, 0.1) is 6.61 Å². The predicted molar refractivity (Wildman–Crippen MR) is 127 cm³/mol. The van der Waals surface area contributed by atoms with Crippen LogP contribution in [0.2, 0.25) is 0 Å². The van der Waals surface area contributed by atoms with Crippen LogP contribution in [-0.4, -0.2) is 6.61 Å². The Labute approximate surface area is 200 Å². The third-order valence-corrected chi connectivity index (χ3v) is 7.80. The van der Waals surface area contributed by atoms with Gasteiger partial charge in [-0.05, 0) is 112 Å². The number of halogens is 4.